The van der Waals surface area contributed by atoms with Gasteiger partial charge in [-0.1, -0.05) is 34.8 Å². The summed E-state index contributed by atoms with van der Waals surface area (Å²) in [6.45, 7) is 0.157. The molecule has 0 aliphatic carbocycles. The molecule has 3 amide bonds. The largest absolute Gasteiger partial charge is 0.477 e. The SMILES string of the molecule is NC(=O)c1ccc[n+](CC2=C(C(=O)O)N3C(=O)[C@H](NC(=O)CSc4cc(Cl)c(Cl)cc4Cl)[C@H]3SC2)c1. The number of rotatable bonds is 8. The van der Waals surface area contributed by atoms with Gasteiger partial charge in [-0.25, -0.2) is 9.36 Å². The summed E-state index contributed by atoms with van der Waals surface area (Å²) in [4.78, 5) is 50.7. The van der Waals surface area contributed by atoms with Gasteiger partial charge in [-0.2, -0.15) is 0 Å². The molecule has 2 aromatic rings. The summed E-state index contributed by atoms with van der Waals surface area (Å²) < 4.78 is 1.63. The highest BCUT2D eigenvalue weighted by Gasteiger charge is 2.54. The number of aromatic nitrogens is 1. The zero-order chi connectivity index (χ0) is 26.1. The van der Waals surface area contributed by atoms with Crippen LogP contribution >= 0.6 is 58.3 Å². The first-order valence-electron chi connectivity index (χ1n) is 10.3. The van der Waals surface area contributed by atoms with E-state index in [-0.39, 0.29) is 23.6 Å². The van der Waals surface area contributed by atoms with Crippen LogP contribution in [0.5, 0.6) is 0 Å². The average molecular weight is 589 g/mol. The predicted octanol–water partition coefficient (Wildman–Crippen LogP) is 2.56. The van der Waals surface area contributed by atoms with E-state index in [1.54, 1.807) is 29.0 Å². The van der Waals surface area contributed by atoms with E-state index in [1.165, 1.54) is 28.9 Å². The monoisotopic (exact) mass is 587 g/mol. The molecule has 4 rings (SSSR count). The number of halogens is 3. The molecule has 1 aromatic carbocycles. The molecular weight excluding hydrogens is 571 g/mol. The quantitative estimate of drug-likeness (QED) is 0.187. The average Bonchev–Trinajstić information content (AvgIpc) is 2.83. The maximum Gasteiger partial charge on any atom is 0.352 e. The Morgan fingerprint density at radius 1 is 1.22 bits per heavy atom. The van der Waals surface area contributed by atoms with Gasteiger partial charge < -0.3 is 16.2 Å². The van der Waals surface area contributed by atoms with Crippen molar-refractivity contribution < 1.29 is 28.9 Å². The van der Waals surface area contributed by atoms with Gasteiger partial charge in [-0.15, -0.1) is 23.5 Å². The van der Waals surface area contributed by atoms with Crippen LogP contribution in [0.3, 0.4) is 0 Å². The Bertz CT molecular complexity index is 1320. The van der Waals surface area contributed by atoms with Crippen LogP contribution in [0.25, 0.3) is 0 Å². The molecule has 0 saturated carbocycles. The fourth-order valence-corrected chi connectivity index (χ4v) is 6.64. The Labute approximate surface area is 228 Å². The van der Waals surface area contributed by atoms with E-state index < -0.39 is 35.1 Å². The van der Waals surface area contributed by atoms with Crippen molar-refractivity contribution in [3.63, 3.8) is 0 Å². The number of carbonyl (C=O) groups excluding carboxylic acids is 3. The molecule has 9 nitrogen and oxygen atoms in total. The highest BCUT2D eigenvalue weighted by Crippen LogP contribution is 2.40. The second-order valence-corrected chi connectivity index (χ2v) is 11.2. The fraction of sp³-hybridized carbons (Fsp3) is 0.227. The molecule has 1 fully saturated rings. The second-order valence-electron chi connectivity index (χ2n) is 7.83. The molecule has 0 spiro atoms. The van der Waals surface area contributed by atoms with Crippen molar-refractivity contribution in [1.82, 2.24) is 10.2 Å². The molecule has 1 saturated heterocycles. The van der Waals surface area contributed by atoms with E-state index in [2.05, 4.69) is 5.32 Å². The number of carbonyl (C=O) groups is 4. The third-order valence-corrected chi connectivity index (χ3v) is 8.96. The fourth-order valence-electron chi connectivity index (χ4n) is 3.76. The van der Waals surface area contributed by atoms with E-state index in [1.807, 2.05) is 0 Å². The first-order chi connectivity index (χ1) is 17.1. The van der Waals surface area contributed by atoms with Crippen molar-refractivity contribution >= 4 is 82.0 Å². The van der Waals surface area contributed by atoms with Crippen molar-refractivity contribution in [3.8, 4) is 0 Å². The van der Waals surface area contributed by atoms with Crippen LogP contribution in [0.2, 0.25) is 15.1 Å². The van der Waals surface area contributed by atoms with E-state index in [9.17, 15) is 24.3 Å². The maximum absolute atomic E-state index is 12.9. The van der Waals surface area contributed by atoms with E-state index >= 15 is 0 Å². The highest BCUT2D eigenvalue weighted by molar-refractivity contribution is 8.00. The molecule has 0 radical (unpaired) electrons. The minimum absolute atomic E-state index is 0.0292. The number of nitrogens with two attached hydrogens (primary N) is 1. The number of nitrogens with zero attached hydrogens (tertiary/aromatic N) is 2. The van der Waals surface area contributed by atoms with Crippen LogP contribution in [0.15, 0.2) is 52.8 Å². The van der Waals surface area contributed by atoms with Crippen LogP contribution in [0.1, 0.15) is 10.4 Å². The van der Waals surface area contributed by atoms with Crippen molar-refractivity contribution in [3.05, 3.63) is 68.6 Å². The van der Waals surface area contributed by atoms with Gasteiger partial charge in [0, 0.05) is 22.3 Å². The number of β-lactam (4-membered cyclic amide) rings is 1. The minimum Gasteiger partial charge on any atom is -0.477 e. The summed E-state index contributed by atoms with van der Waals surface area (Å²) >= 11 is 20.6. The van der Waals surface area contributed by atoms with Gasteiger partial charge in [0.05, 0.1) is 20.8 Å². The molecule has 1 aromatic heterocycles. The molecule has 2 aliphatic heterocycles. The number of carboxylic acids is 1. The number of hydrogen-bond donors (Lipinski definition) is 3. The molecule has 0 unspecified atom stereocenters. The van der Waals surface area contributed by atoms with Crippen molar-refractivity contribution in [1.29, 1.82) is 0 Å². The summed E-state index contributed by atoms with van der Waals surface area (Å²) in [5.74, 6) is -2.48. The van der Waals surface area contributed by atoms with Gasteiger partial charge in [0.2, 0.25) is 5.91 Å². The number of hydrogen-bond acceptors (Lipinski definition) is 6. The third kappa shape index (κ3) is 5.45. The van der Waals surface area contributed by atoms with Crippen LogP contribution in [-0.4, -0.2) is 56.6 Å². The number of carboxylic acid groups (broad SMARTS) is 1. The zero-order valence-corrected chi connectivity index (χ0v) is 22.1. The maximum atomic E-state index is 12.9. The summed E-state index contributed by atoms with van der Waals surface area (Å²) in [5.41, 5.74) is 5.97. The lowest BCUT2D eigenvalue weighted by Crippen LogP contribution is -2.71. The Balaban J connectivity index is 1.43. The number of thioether (sulfide) groups is 2. The lowest BCUT2D eigenvalue weighted by Gasteiger charge is -2.49. The molecule has 0 bridgehead atoms. The van der Waals surface area contributed by atoms with Gasteiger partial charge in [0.1, 0.15) is 22.7 Å². The summed E-state index contributed by atoms with van der Waals surface area (Å²) in [7, 11) is 0. The van der Waals surface area contributed by atoms with Gasteiger partial charge in [-0.3, -0.25) is 19.3 Å². The molecule has 4 N–H and O–H groups in total. The van der Waals surface area contributed by atoms with Crippen LogP contribution in [0, 0.1) is 0 Å². The van der Waals surface area contributed by atoms with Crippen LogP contribution in [-0.2, 0) is 20.9 Å². The first kappa shape index (κ1) is 26.6. The van der Waals surface area contributed by atoms with Crippen molar-refractivity contribution in [2.75, 3.05) is 11.5 Å². The lowest BCUT2D eigenvalue weighted by atomic mass is 10.0. The number of fused-ring (bicyclic) bond motifs is 1. The second kappa shape index (κ2) is 10.9. The number of aliphatic carboxylic acids is 1. The molecule has 3 heterocycles. The molecule has 36 heavy (non-hydrogen) atoms. The zero-order valence-electron chi connectivity index (χ0n) is 18.2. The van der Waals surface area contributed by atoms with Crippen molar-refractivity contribution in [2.24, 2.45) is 5.73 Å². The molecular formula is C22H18Cl3N4O5S2+. The first-order valence-corrected chi connectivity index (χ1v) is 13.5. The normalized spacial score (nSPS) is 19.0. The van der Waals surface area contributed by atoms with Gasteiger partial charge in [-0.05, 0) is 18.2 Å². The summed E-state index contributed by atoms with van der Waals surface area (Å²) in [6, 6.07) is 5.37. The van der Waals surface area contributed by atoms with E-state index in [0.717, 1.165) is 11.8 Å². The summed E-state index contributed by atoms with van der Waals surface area (Å²) in [6.07, 6.45) is 3.19. The minimum atomic E-state index is -1.25. The van der Waals surface area contributed by atoms with Gasteiger partial charge in [0.15, 0.2) is 18.9 Å². The Morgan fingerprint density at radius 3 is 2.64 bits per heavy atom. The molecule has 2 aliphatic rings. The number of nitrogens with one attached hydrogen (secondary N) is 1. The Kier molecular flexibility index (Phi) is 8.06. The van der Waals surface area contributed by atoms with Crippen molar-refractivity contribution in [2.45, 2.75) is 22.9 Å². The molecule has 2 atom stereocenters. The van der Waals surface area contributed by atoms with E-state index in [4.69, 9.17) is 40.5 Å². The number of pyridine rings is 1. The predicted molar refractivity (Wildman–Crippen MR) is 137 cm³/mol. The van der Waals surface area contributed by atoms with Crippen LogP contribution < -0.4 is 15.6 Å². The summed E-state index contributed by atoms with van der Waals surface area (Å²) in [5, 5.41) is 12.9. The highest BCUT2D eigenvalue weighted by atomic mass is 35.5. The van der Waals surface area contributed by atoms with Gasteiger partial charge in [0.25, 0.3) is 11.8 Å². The molecule has 188 valence electrons. The topological polar surface area (TPSA) is 134 Å². The molecule has 14 heteroatoms. The number of amides is 3. The van der Waals surface area contributed by atoms with E-state index in [0.29, 0.717) is 31.3 Å². The van der Waals surface area contributed by atoms with Crippen LogP contribution in [0.4, 0.5) is 0 Å². The standard InChI is InChI=1S/C22H17Cl3N4O5S2/c23-12-4-14(25)15(5-13(12)24)35-9-16(30)27-17-20(32)29-18(22(33)34)11(8-36-21(17)29)7-28-3-1-2-10(6-28)19(26)31/h1-6,17,21H,7-9H2,(H3-,26,27,30,31,33,34)/p+1/t17-,21+/m0/s1. The number of benzene rings is 1. The third-order valence-electron chi connectivity index (χ3n) is 5.42. The smallest absolute Gasteiger partial charge is 0.352 e. The lowest BCUT2D eigenvalue weighted by molar-refractivity contribution is -0.689. The Morgan fingerprint density at radius 2 is 1.94 bits per heavy atom. The Hall–Kier alpha value is -2.44. The van der Waals surface area contributed by atoms with Gasteiger partial charge >= 0.3 is 5.97 Å². The number of primary amides is 1.